The maximum atomic E-state index is 12.4. The van der Waals surface area contributed by atoms with Crippen LogP contribution in [0.1, 0.15) is 39.5 Å². The number of nitrogens with one attached hydrogen (secondary N) is 1. The molecule has 3 fully saturated rings. The zero-order chi connectivity index (χ0) is 12.3. The lowest BCUT2D eigenvalue weighted by atomic mass is 9.46. The SMILES string of the molecule is CC1(C)C2OCCCC2C1(N)C(=O)NC1CC1.Cl. The molecule has 0 aromatic carbocycles. The highest BCUT2D eigenvalue weighted by Gasteiger charge is 2.70. The molecule has 0 bridgehead atoms. The minimum absolute atomic E-state index is 0. The Bertz CT molecular complexity index is 357. The molecule has 3 atom stereocenters. The van der Waals surface area contributed by atoms with E-state index in [9.17, 15) is 4.79 Å². The minimum atomic E-state index is -0.735. The Morgan fingerprint density at radius 1 is 1.33 bits per heavy atom. The molecule has 3 unspecified atom stereocenters. The monoisotopic (exact) mass is 274 g/mol. The van der Waals surface area contributed by atoms with Gasteiger partial charge in [0.15, 0.2) is 0 Å². The quantitative estimate of drug-likeness (QED) is 0.796. The van der Waals surface area contributed by atoms with Gasteiger partial charge in [0.1, 0.15) is 5.54 Å². The first-order valence-electron chi connectivity index (χ1n) is 6.69. The first-order chi connectivity index (χ1) is 7.98. The average molecular weight is 275 g/mol. The van der Waals surface area contributed by atoms with E-state index in [1.165, 1.54) is 0 Å². The van der Waals surface area contributed by atoms with E-state index in [4.69, 9.17) is 10.5 Å². The van der Waals surface area contributed by atoms with E-state index in [1.54, 1.807) is 0 Å². The molecule has 4 nitrogen and oxygen atoms in total. The van der Waals surface area contributed by atoms with Crippen LogP contribution in [-0.2, 0) is 9.53 Å². The Hall–Kier alpha value is -0.320. The van der Waals surface area contributed by atoms with Crippen molar-refractivity contribution in [1.82, 2.24) is 5.32 Å². The predicted octanol–water partition coefficient (Wildman–Crippen LogP) is 1.22. The normalized spacial score (nSPS) is 41.1. The van der Waals surface area contributed by atoms with Crippen molar-refractivity contribution < 1.29 is 9.53 Å². The van der Waals surface area contributed by atoms with Gasteiger partial charge in [0.05, 0.1) is 6.10 Å². The van der Waals surface area contributed by atoms with Crippen molar-refractivity contribution in [2.45, 2.75) is 57.2 Å². The Morgan fingerprint density at radius 2 is 2.00 bits per heavy atom. The summed E-state index contributed by atoms with van der Waals surface area (Å²) < 4.78 is 5.80. The highest BCUT2D eigenvalue weighted by molar-refractivity contribution is 5.90. The Balaban J connectivity index is 0.00000120. The van der Waals surface area contributed by atoms with Gasteiger partial charge in [-0.1, -0.05) is 13.8 Å². The number of ether oxygens (including phenoxy) is 1. The van der Waals surface area contributed by atoms with Crippen molar-refractivity contribution in [3.05, 3.63) is 0 Å². The Labute approximate surface area is 114 Å². The van der Waals surface area contributed by atoms with E-state index in [-0.39, 0.29) is 35.8 Å². The van der Waals surface area contributed by atoms with Crippen LogP contribution in [-0.4, -0.2) is 30.2 Å². The van der Waals surface area contributed by atoms with E-state index in [1.807, 2.05) is 0 Å². The number of amides is 1. The highest BCUT2D eigenvalue weighted by atomic mass is 35.5. The average Bonchev–Trinajstić information content (AvgIpc) is 3.11. The number of nitrogens with two attached hydrogens (primary N) is 1. The van der Waals surface area contributed by atoms with Gasteiger partial charge >= 0.3 is 0 Å². The number of halogens is 1. The molecule has 1 heterocycles. The molecule has 2 aliphatic carbocycles. The lowest BCUT2D eigenvalue weighted by molar-refractivity contribution is -0.225. The van der Waals surface area contributed by atoms with E-state index in [0.29, 0.717) is 6.04 Å². The van der Waals surface area contributed by atoms with Crippen LogP contribution in [0.25, 0.3) is 0 Å². The third-order valence-corrected chi connectivity index (χ3v) is 4.97. The van der Waals surface area contributed by atoms with Crippen molar-refractivity contribution in [1.29, 1.82) is 0 Å². The Kier molecular flexibility index (Phi) is 3.41. The molecule has 3 N–H and O–H groups in total. The molecule has 0 aromatic heterocycles. The molecule has 18 heavy (non-hydrogen) atoms. The van der Waals surface area contributed by atoms with Gasteiger partial charge in [-0.05, 0) is 25.7 Å². The summed E-state index contributed by atoms with van der Waals surface area (Å²) in [6, 6.07) is 0.377. The van der Waals surface area contributed by atoms with Crippen LogP contribution in [0, 0.1) is 11.3 Å². The molecule has 3 rings (SSSR count). The van der Waals surface area contributed by atoms with Crippen LogP contribution in [0.15, 0.2) is 0 Å². The summed E-state index contributed by atoms with van der Waals surface area (Å²) in [6.45, 7) is 4.93. The van der Waals surface area contributed by atoms with Gasteiger partial charge in [-0.15, -0.1) is 12.4 Å². The number of carbonyl (C=O) groups excluding carboxylic acids is 1. The van der Waals surface area contributed by atoms with Crippen LogP contribution in [0.4, 0.5) is 0 Å². The van der Waals surface area contributed by atoms with E-state index in [0.717, 1.165) is 32.3 Å². The minimum Gasteiger partial charge on any atom is -0.377 e. The van der Waals surface area contributed by atoms with Gasteiger partial charge < -0.3 is 15.8 Å². The summed E-state index contributed by atoms with van der Waals surface area (Å²) in [5, 5.41) is 3.07. The van der Waals surface area contributed by atoms with E-state index < -0.39 is 5.54 Å². The largest absolute Gasteiger partial charge is 0.377 e. The van der Waals surface area contributed by atoms with Gasteiger partial charge in [0, 0.05) is 24.0 Å². The lowest BCUT2D eigenvalue weighted by Gasteiger charge is -2.65. The maximum absolute atomic E-state index is 12.4. The molecule has 1 amide bonds. The molecule has 1 saturated heterocycles. The molecule has 0 spiro atoms. The number of hydrogen-bond donors (Lipinski definition) is 2. The van der Waals surface area contributed by atoms with E-state index in [2.05, 4.69) is 19.2 Å². The van der Waals surface area contributed by atoms with Crippen LogP contribution in [0.5, 0.6) is 0 Å². The van der Waals surface area contributed by atoms with Gasteiger partial charge in [0.2, 0.25) is 5.91 Å². The lowest BCUT2D eigenvalue weighted by Crippen LogP contribution is -2.82. The summed E-state index contributed by atoms with van der Waals surface area (Å²) in [6.07, 6.45) is 4.40. The highest BCUT2D eigenvalue weighted by Crippen LogP contribution is 2.57. The zero-order valence-electron chi connectivity index (χ0n) is 11.1. The van der Waals surface area contributed by atoms with Gasteiger partial charge in [0.25, 0.3) is 0 Å². The van der Waals surface area contributed by atoms with Crippen molar-refractivity contribution in [3.8, 4) is 0 Å². The van der Waals surface area contributed by atoms with Crippen LogP contribution in [0.3, 0.4) is 0 Å². The van der Waals surface area contributed by atoms with Crippen LogP contribution < -0.4 is 11.1 Å². The third kappa shape index (κ3) is 1.69. The fourth-order valence-electron chi connectivity index (χ4n) is 3.57. The second kappa shape index (κ2) is 4.36. The number of hydrogen-bond acceptors (Lipinski definition) is 3. The van der Waals surface area contributed by atoms with E-state index >= 15 is 0 Å². The number of carbonyl (C=O) groups is 1. The summed E-state index contributed by atoms with van der Waals surface area (Å²) in [7, 11) is 0. The fourth-order valence-corrected chi connectivity index (χ4v) is 3.57. The molecular weight excluding hydrogens is 252 g/mol. The second-order valence-corrected chi connectivity index (χ2v) is 6.38. The standard InChI is InChI=1S/C13H22N2O2.ClH/c1-12(2)10-9(4-3-7-17-10)13(12,14)11(16)15-8-5-6-8;/h8-10H,3-7,14H2,1-2H3,(H,15,16);1H. The number of rotatable bonds is 2. The summed E-state index contributed by atoms with van der Waals surface area (Å²) in [5.41, 5.74) is 5.47. The van der Waals surface area contributed by atoms with Gasteiger partial charge in [-0.2, -0.15) is 0 Å². The predicted molar refractivity (Wildman–Crippen MR) is 71.6 cm³/mol. The fraction of sp³-hybridized carbons (Fsp3) is 0.923. The van der Waals surface area contributed by atoms with Crippen LogP contribution >= 0.6 is 12.4 Å². The Morgan fingerprint density at radius 3 is 2.61 bits per heavy atom. The molecule has 1 aliphatic heterocycles. The van der Waals surface area contributed by atoms with Gasteiger partial charge in [-0.3, -0.25) is 4.79 Å². The molecule has 2 saturated carbocycles. The van der Waals surface area contributed by atoms with Crippen molar-refractivity contribution in [3.63, 3.8) is 0 Å². The molecular formula is C13H23ClN2O2. The molecule has 5 heteroatoms. The first-order valence-corrected chi connectivity index (χ1v) is 6.69. The first kappa shape index (κ1) is 14.1. The van der Waals surface area contributed by atoms with Crippen molar-refractivity contribution in [2.75, 3.05) is 6.61 Å². The summed E-state index contributed by atoms with van der Waals surface area (Å²) in [4.78, 5) is 12.4. The molecule has 3 aliphatic rings. The summed E-state index contributed by atoms with van der Waals surface area (Å²) >= 11 is 0. The smallest absolute Gasteiger partial charge is 0.241 e. The summed E-state index contributed by atoms with van der Waals surface area (Å²) in [5.74, 6) is 0.238. The molecule has 0 aromatic rings. The number of fused-ring (bicyclic) bond motifs is 1. The van der Waals surface area contributed by atoms with Crippen molar-refractivity contribution in [2.24, 2.45) is 17.1 Å². The second-order valence-electron chi connectivity index (χ2n) is 6.38. The van der Waals surface area contributed by atoms with Crippen LogP contribution in [0.2, 0.25) is 0 Å². The third-order valence-electron chi connectivity index (χ3n) is 4.97. The molecule has 104 valence electrons. The molecule has 0 radical (unpaired) electrons. The van der Waals surface area contributed by atoms with Gasteiger partial charge in [-0.25, -0.2) is 0 Å². The topological polar surface area (TPSA) is 64.3 Å². The maximum Gasteiger partial charge on any atom is 0.241 e. The van der Waals surface area contributed by atoms with Crippen molar-refractivity contribution >= 4 is 18.3 Å². The zero-order valence-corrected chi connectivity index (χ0v) is 11.9.